The quantitative estimate of drug-likeness (QED) is 0.899. The molecule has 1 aromatic heterocycles. The summed E-state index contributed by atoms with van der Waals surface area (Å²) in [5.74, 6) is 1.27. The molecular weight excluding hydrogens is 324 g/mol. The predicted octanol–water partition coefficient (Wildman–Crippen LogP) is 2.30. The van der Waals surface area contributed by atoms with E-state index in [9.17, 15) is 8.42 Å². The Morgan fingerprint density at radius 1 is 1.17 bits per heavy atom. The van der Waals surface area contributed by atoms with Gasteiger partial charge in [0.2, 0.25) is 10.0 Å². The first-order valence-corrected chi connectivity index (χ1v) is 9.57. The third-order valence-corrected chi connectivity index (χ3v) is 6.24. The van der Waals surface area contributed by atoms with Gasteiger partial charge in [-0.1, -0.05) is 18.2 Å². The largest absolute Gasteiger partial charge is 0.370 e. The molecule has 2 heterocycles. The van der Waals surface area contributed by atoms with E-state index in [0.717, 1.165) is 30.9 Å². The maximum Gasteiger partial charge on any atom is 0.243 e. The molecule has 0 aliphatic carbocycles. The van der Waals surface area contributed by atoms with Crippen LogP contribution in [-0.4, -0.2) is 42.3 Å². The number of aromatic nitrogens is 2. The van der Waals surface area contributed by atoms with Gasteiger partial charge in [0.15, 0.2) is 0 Å². The molecule has 3 rings (SSSR count). The maximum atomic E-state index is 12.6. The molecule has 1 fully saturated rings. The van der Waals surface area contributed by atoms with Crippen LogP contribution in [0, 0.1) is 12.8 Å². The van der Waals surface area contributed by atoms with E-state index in [4.69, 9.17) is 0 Å². The van der Waals surface area contributed by atoms with Crippen LogP contribution in [0.15, 0.2) is 47.6 Å². The van der Waals surface area contributed by atoms with Gasteiger partial charge in [0, 0.05) is 31.4 Å². The van der Waals surface area contributed by atoms with Crippen molar-refractivity contribution in [1.29, 1.82) is 0 Å². The van der Waals surface area contributed by atoms with Crippen molar-refractivity contribution in [2.45, 2.75) is 24.7 Å². The second-order valence-electron chi connectivity index (χ2n) is 6.09. The molecule has 0 amide bonds. The van der Waals surface area contributed by atoms with Gasteiger partial charge in [0.1, 0.15) is 12.1 Å². The molecule has 0 spiro atoms. The summed E-state index contributed by atoms with van der Waals surface area (Å²) in [6, 6.07) is 10.6. The van der Waals surface area contributed by atoms with Gasteiger partial charge in [-0.05, 0) is 37.8 Å². The maximum absolute atomic E-state index is 12.6. The number of sulfonamides is 1. The Balaban J connectivity index is 1.54. The fraction of sp³-hybridized carbons (Fsp3) is 0.412. The van der Waals surface area contributed by atoms with E-state index >= 15 is 0 Å². The van der Waals surface area contributed by atoms with Gasteiger partial charge in [-0.25, -0.2) is 18.4 Å². The van der Waals surface area contributed by atoms with Crippen LogP contribution in [0.25, 0.3) is 0 Å². The fourth-order valence-corrected chi connectivity index (χ4v) is 4.39. The van der Waals surface area contributed by atoms with E-state index in [1.54, 1.807) is 34.9 Å². The number of hydrogen-bond acceptors (Lipinski definition) is 5. The van der Waals surface area contributed by atoms with Crippen LogP contribution < -0.4 is 5.32 Å². The third-order valence-electron chi connectivity index (χ3n) is 4.33. The molecule has 1 aliphatic rings. The summed E-state index contributed by atoms with van der Waals surface area (Å²) >= 11 is 0. The lowest BCUT2D eigenvalue weighted by atomic mass is 9.98. The number of piperidine rings is 1. The minimum absolute atomic E-state index is 0.373. The molecule has 128 valence electrons. The summed E-state index contributed by atoms with van der Waals surface area (Å²) in [5.41, 5.74) is 0.927. The van der Waals surface area contributed by atoms with Crippen LogP contribution >= 0.6 is 0 Å². The summed E-state index contributed by atoms with van der Waals surface area (Å²) in [6.45, 7) is 3.86. The van der Waals surface area contributed by atoms with Crippen LogP contribution in [0.4, 0.5) is 5.82 Å². The Hall–Kier alpha value is -1.99. The first kappa shape index (κ1) is 16.9. The second kappa shape index (κ2) is 7.27. The van der Waals surface area contributed by atoms with E-state index < -0.39 is 10.0 Å². The Morgan fingerprint density at radius 3 is 2.54 bits per heavy atom. The topological polar surface area (TPSA) is 75.2 Å². The molecule has 1 saturated heterocycles. The van der Waals surface area contributed by atoms with Gasteiger partial charge >= 0.3 is 0 Å². The van der Waals surface area contributed by atoms with Crippen molar-refractivity contribution in [2.75, 3.05) is 25.0 Å². The lowest BCUT2D eigenvalue weighted by Gasteiger charge is -2.31. The highest BCUT2D eigenvalue weighted by Gasteiger charge is 2.29. The molecule has 24 heavy (non-hydrogen) atoms. The molecule has 0 saturated carbocycles. The number of aryl methyl sites for hydroxylation is 1. The number of benzene rings is 1. The number of hydrogen-bond donors (Lipinski definition) is 1. The predicted molar refractivity (Wildman–Crippen MR) is 93.2 cm³/mol. The Labute approximate surface area is 143 Å². The van der Waals surface area contributed by atoms with Gasteiger partial charge in [0.05, 0.1) is 4.90 Å². The van der Waals surface area contributed by atoms with Crippen molar-refractivity contribution in [1.82, 2.24) is 14.3 Å². The second-order valence-corrected chi connectivity index (χ2v) is 8.02. The summed E-state index contributed by atoms with van der Waals surface area (Å²) in [4.78, 5) is 8.64. The molecule has 0 radical (unpaired) electrons. The number of nitrogens with one attached hydrogen (secondary N) is 1. The molecule has 2 aromatic rings. The van der Waals surface area contributed by atoms with Gasteiger partial charge in [-0.15, -0.1) is 0 Å². The number of rotatable bonds is 5. The van der Waals surface area contributed by atoms with Crippen LogP contribution in [-0.2, 0) is 10.0 Å². The van der Waals surface area contributed by atoms with E-state index in [1.165, 1.54) is 0 Å². The van der Waals surface area contributed by atoms with Crippen molar-refractivity contribution < 1.29 is 8.42 Å². The first-order valence-electron chi connectivity index (χ1n) is 8.13. The SMILES string of the molecule is Cc1cc(NCC2CCN(S(=O)(=O)c3ccccc3)CC2)ncn1. The van der Waals surface area contributed by atoms with Crippen molar-refractivity contribution in [3.05, 3.63) is 48.4 Å². The van der Waals surface area contributed by atoms with Gasteiger partial charge in [-0.2, -0.15) is 4.31 Å². The minimum Gasteiger partial charge on any atom is -0.370 e. The number of anilines is 1. The zero-order valence-corrected chi connectivity index (χ0v) is 14.5. The van der Waals surface area contributed by atoms with E-state index in [0.29, 0.717) is 23.9 Å². The van der Waals surface area contributed by atoms with Crippen LogP contribution in [0.3, 0.4) is 0 Å². The molecule has 1 aliphatic heterocycles. The molecule has 0 bridgehead atoms. The molecule has 1 N–H and O–H groups in total. The standard InChI is InChI=1S/C17H22N4O2S/c1-14-11-17(20-13-19-14)18-12-15-7-9-21(10-8-15)24(22,23)16-5-3-2-4-6-16/h2-6,11,13,15H,7-10,12H2,1H3,(H,18,19,20). The number of nitrogens with zero attached hydrogens (tertiary/aromatic N) is 3. The average Bonchev–Trinajstić information content (AvgIpc) is 2.61. The average molecular weight is 346 g/mol. The highest BCUT2D eigenvalue weighted by atomic mass is 32.2. The molecule has 0 unspecified atom stereocenters. The third kappa shape index (κ3) is 3.91. The zero-order chi connectivity index (χ0) is 17.0. The summed E-state index contributed by atoms with van der Waals surface area (Å²) in [6.07, 6.45) is 3.25. The lowest BCUT2D eigenvalue weighted by Crippen LogP contribution is -2.39. The Morgan fingerprint density at radius 2 is 1.88 bits per heavy atom. The minimum atomic E-state index is -3.37. The van der Waals surface area contributed by atoms with Crippen molar-refractivity contribution in [3.8, 4) is 0 Å². The van der Waals surface area contributed by atoms with E-state index in [1.807, 2.05) is 19.1 Å². The van der Waals surface area contributed by atoms with E-state index in [-0.39, 0.29) is 0 Å². The summed E-state index contributed by atoms with van der Waals surface area (Å²) in [7, 11) is -3.37. The monoisotopic (exact) mass is 346 g/mol. The highest BCUT2D eigenvalue weighted by Crippen LogP contribution is 2.23. The smallest absolute Gasteiger partial charge is 0.243 e. The lowest BCUT2D eigenvalue weighted by molar-refractivity contribution is 0.282. The van der Waals surface area contributed by atoms with Crippen molar-refractivity contribution in [2.24, 2.45) is 5.92 Å². The molecule has 0 atom stereocenters. The van der Waals surface area contributed by atoms with Crippen molar-refractivity contribution >= 4 is 15.8 Å². The Kier molecular flexibility index (Phi) is 5.11. The van der Waals surface area contributed by atoms with Crippen LogP contribution in [0.1, 0.15) is 18.5 Å². The summed E-state index contributed by atoms with van der Waals surface area (Å²) < 4.78 is 26.8. The van der Waals surface area contributed by atoms with Crippen molar-refractivity contribution in [3.63, 3.8) is 0 Å². The van der Waals surface area contributed by atoms with E-state index in [2.05, 4.69) is 15.3 Å². The molecule has 7 heteroatoms. The Bertz CT molecular complexity index is 772. The van der Waals surface area contributed by atoms with Gasteiger partial charge in [0.25, 0.3) is 0 Å². The van der Waals surface area contributed by atoms with Gasteiger partial charge < -0.3 is 5.32 Å². The zero-order valence-electron chi connectivity index (χ0n) is 13.7. The van der Waals surface area contributed by atoms with Gasteiger partial charge in [-0.3, -0.25) is 0 Å². The van der Waals surface area contributed by atoms with Crippen LogP contribution in [0.5, 0.6) is 0 Å². The molecule has 1 aromatic carbocycles. The highest BCUT2D eigenvalue weighted by molar-refractivity contribution is 7.89. The molecular formula is C17H22N4O2S. The van der Waals surface area contributed by atoms with Crippen LogP contribution in [0.2, 0.25) is 0 Å². The fourth-order valence-electron chi connectivity index (χ4n) is 2.90. The first-order chi connectivity index (χ1) is 11.6. The normalized spacial score (nSPS) is 16.9. The molecule has 6 nitrogen and oxygen atoms in total. The summed E-state index contributed by atoms with van der Waals surface area (Å²) in [5, 5.41) is 3.32.